The molecular formula is C24H32BrN3O5. The highest BCUT2D eigenvalue weighted by atomic mass is 79.9. The fourth-order valence-electron chi connectivity index (χ4n) is 5.68. The lowest BCUT2D eigenvalue weighted by atomic mass is 9.80. The normalized spacial score (nSPS) is 25.7. The molecule has 8 nitrogen and oxygen atoms in total. The van der Waals surface area contributed by atoms with E-state index in [4.69, 9.17) is 15.0 Å². The zero-order valence-electron chi connectivity index (χ0n) is 18.9. The second kappa shape index (κ2) is 10.4. The monoisotopic (exact) mass is 521 g/mol. The number of ether oxygens (including phenoxy) is 1. The second-order valence-electron chi connectivity index (χ2n) is 9.31. The van der Waals surface area contributed by atoms with Crippen LogP contribution in [0.1, 0.15) is 55.8 Å². The molecule has 0 bridgehead atoms. The van der Waals surface area contributed by atoms with E-state index in [1.807, 2.05) is 25.2 Å². The summed E-state index contributed by atoms with van der Waals surface area (Å²) < 4.78 is 11.0. The summed E-state index contributed by atoms with van der Waals surface area (Å²) >= 11 is 0. The topological polar surface area (TPSA) is 116 Å². The SMILES string of the molecule is C[N+]1(C(C(N)=O)c2ccon2)CCCC1COC(=O)C(O)(c1ccccc1)C1CCCC1.[Br-]. The van der Waals surface area contributed by atoms with Crippen molar-refractivity contribution in [1.82, 2.24) is 5.16 Å². The third-order valence-corrected chi connectivity index (χ3v) is 7.49. The van der Waals surface area contributed by atoms with Crippen molar-refractivity contribution < 1.29 is 45.4 Å². The van der Waals surface area contributed by atoms with Crippen molar-refractivity contribution in [1.29, 1.82) is 0 Å². The molecule has 1 aliphatic carbocycles. The number of likely N-dealkylation sites (N-methyl/N-ethyl adjacent to an activating group) is 1. The first-order valence-electron chi connectivity index (χ1n) is 11.4. The summed E-state index contributed by atoms with van der Waals surface area (Å²) in [5, 5.41) is 15.6. The predicted octanol–water partition coefficient (Wildman–Crippen LogP) is -0.565. The summed E-state index contributed by atoms with van der Waals surface area (Å²) in [6.07, 6.45) is 6.61. The molecule has 1 saturated heterocycles. The van der Waals surface area contributed by atoms with Crippen molar-refractivity contribution >= 4 is 11.9 Å². The number of nitrogens with two attached hydrogens (primary N) is 1. The molecule has 2 fully saturated rings. The van der Waals surface area contributed by atoms with E-state index in [2.05, 4.69) is 5.16 Å². The molecular weight excluding hydrogens is 490 g/mol. The van der Waals surface area contributed by atoms with Gasteiger partial charge in [0, 0.05) is 24.8 Å². The molecule has 0 radical (unpaired) electrons. The van der Waals surface area contributed by atoms with Crippen molar-refractivity contribution in [3.05, 3.63) is 53.9 Å². The van der Waals surface area contributed by atoms with E-state index >= 15 is 0 Å². The van der Waals surface area contributed by atoms with E-state index < -0.39 is 23.5 Å². The first kappa shape index (κ1) is 25.4. The molecule has 180 valence electrons. The Balaban J connectivity index is 0.00000306. The lowest BCUT2D eigenvalue weighted by Gasteiger charge is -2.40. The van der Waals surface area contributed by atoms with Gasteiger partial charge in [0.05, 0.1) is 13.6 Å². The number of amides is 1. The van der Waals surface area contributed by atoms with E-state index in [0.29, 0.717) is 22.3 Å². The van der Waals surface area contributed by atoms with Crippen LogP contribution in [-0.4, -0.2) is 52.9 Å². The molecule has 2 aromatic rings. The summed E-state index contributed by atoms with van der Waals surface area (Å²) in [5.74, 6) is -1.28. The first-order chi connectivity index (χ1) is 15.4. The van der Waals surface area contributed by atoms with Gasteiger partial charge in [-0.1, -0.05) is 48.3 Å². The van der Waals surface area contributed by atoms with Gasteiger partial charge in [0.15, 0.2) is 11.3 Å². The Morgan fingerprint density at radius 2 is 1.91 bits per heavy atom. The number of benzene rings is 1. The number of halogens is 1. The molecule has 0 spiro atoms. The summed E-state index contributed by atoms with van der Waals surface area (Å²) in [4.78, 5) is 25.7. The van der Waals surface area contributed by atoms with Crippen LogP contribution in [0.3, 0.4) is 0 Å². The van der Waals surface area contributed by atoms with Gasteiger partial charge in [-0.2, -0.15) is 0 Å². The van der Waals surface area contributed by atoms with Crippen LogP contribution in [0.2, 0.25) is 0 Å². The Morgan fingerprint density at radius 1 is 1.21 bits per heavy atom. The van der Waals surface area contributed by atoms with Gasteiger partial charge < -0.3 is 41.6 Å². The first-order valence-corrected chi connectivity index (χ1v) is 11.4. The van der Waals surface area contributed by atoms with Crippen LogP contribution in [0.25, 0.3) is 0 Å². The van der Waals surface area contributed by atoms with Gasteiger partial charge in [0.1, 0.15) is 18.9 Å². The number of rotatable bonds is 8. The van der Waals surface area contributed by atoms with Gasteiger partial charge in [0.2, 0.25) is 6.04 Å². The minimum atomic E-state index is -1.67. The van der Waals surface area contributed by atoms with Crippen LogP contribution in [0, 0.1) is 5.92 Å². The number of aliphatic hydroxyl groups is 1. The van der Waals surface area contributed by atoms with E-state index in [9.17, 15) is 14.7 Å². The third kappa shape index (κ3) is 4.72. The molecule has 2 heterocycles. The minimum Gasteiger partial charge on any atom is -1.00 e. The maximum Gasteiger partial charge on any atom is 0.343 e. The van der Waals surface area contributed by atoms with Crippen molar-refractivity contribution in [3.63, 3.8) is 0 Å². The van der Waals surface area contributed by atoms with Crippen LogP contribution in [0.5, 0.6) is 0 Å². The van der Waals surface area contributed by atoms with Crippen LogP contribution in [0.15, 0.2) is 47.2 Å². The lowest BCUT2D eigenvalue weighted by Crippen LogP contribution is -3.00. The number of quaternary nitrogens is 1. The highest BCUT2D eigenvalue weighted by Crippen LogP contribution is 2.42. The fraction of sp³-hybridized carbons (Fsp3) is 0.542. The number of hydrogen-bond acceptors (Lipinski definition) is 6. The number of hydrogen-bond donors (Lipinski definition) is 2. The van der Waals surface area contributed by atoms with Crippen molar-refractivity contribution in [2.75, 3.05) is 20.2 Å². The van der Waals surface area contributed by atoms with E-state index in [-0.39, 0.29) is 35.5 Å². The van der Waals surface area contributed by atoms with Crippen molar-refractivity contribution in [2.24, 2.45) is 11.7 Å². The predicted molar refractivity (Wildman–Crippen MR) is 116 cm³/mol. The van der Waals surface area contributed by atoms with Gasteiger partial charge in [-0.05, 0) is 18.4 Å². The third-order valence-electron chi connectivity index (χ3n) is 7.49. The molecule has 1 aromatic carbocycles. The fourth-order valence-corrected chi connectivity index (χ4v) is 5.68. The second-order valence-corrected chi connectivity index (χ2v) is 9.31. The Bertz CT molecular complexity index is 935. The van der Waals surface area contributed by atoms with Crippen molar-refractivity contribution in [2.45, 2.75) is 56.2 Å². The number of likely N-dealkylation sites (tertiary alicyclic amines) is 1. The summed E-state index contributed by atoms with van der Waals surface area (Å²) in [7, 11) is 1.94. The molecule has 4 unspecified atom stereocenters. The highest BCUT2D eigenvalue weighted by Gasteiger charge is 2.51. The average Bonchev–Trinajstić information content (AvgIpc) is 3.55. The maximum atomic E-state index is 13.4. The minimum absolute atomic E-state index is 0. The van der Waals surface area contributed by atoms with E-state index in [1.165, 1.54) is 6.26 Å². The van der Waals surface area contributed by atoms with Crippen LogP contribution >= 0.6 is 0 Å². The van der Waals surface area contributed by atoms with Crippen LogP contribution in [-0.2, 0) is 19.9 Å². The molecule has 1 amide bonds. The molecule has 33 heavy (non-hydrogen) atoms. The Morgan fingerprint density at radius 3 is 2.52 bits per heavy atom. The molecule has 2 aliphatic rings. The van der Waals surface area contributed by atoms with Gasteiger partial charge >= 0.3 is 5.97 Å². The summed E-state index contributed by atoms with van der Waals surface area (Å²) in [6, 6.07) is 9.88. The lowest BCUT2D eigenvalue weighted by molar-refractivity contribution is -0.941. The average molecular weight is 522 g/mol. The highest BCUT2D eigenvalue weighted by molar-refractivity contribution is 5.82. The Hall–Kier alpha value is -2.23. The molecule has 9 heteroatoms. The van der Waals surface area contributed by atoms with Crippen molar-refractivity contribution in [3.8, 4) is 0 Å². The molecule has 1 aromatic heterocycles. The smallest absolute Gasteiger partial charge is 0.343 e. The quantitative estimate of drug-likeness (QED) is 0.355. The van der Waals surface area contributed by atoms with Gasteiger partial charge in [-0.25, -0.2) is 4.79 Å². The molecule has 3 N–H and O–H groups in total. The zero-order valence-corrected chi connectivity index (χ0v) is 20.4. The van der Waals surface area contributed by atoms with Gasteiger partial charge in [-0.3, -0.25) is 4.79 Å². The van der Waals surface area contributed by atoms with Gasteiger partial charge in [0.25, 0.3) is 5.91 Å². The number of aromatic nitrogens is 1. The Kier molecular flexibility index (Phi) is 7.97. The van der Waals surface area contributed by atoms with Gasteiger partial charge in [-0.15, -0.1) is 0 Å². The number of nitrogens with zero attached hydrogens (tertiary/aromatic N) is 2. The maximum absolute atomic E-state index is 13.4. The Labute approximate surface area is 204 Å². The number of primary amides is 1. The number of carbonyl (C=O) groups excluding carboxylic acids is 2. The van der Waals surface area contributed by atoms with Crippen LogP contribution in [0.4, 0.5) is 0 Å². The van der Waals surface area contributed by atoms with E-state index in [1.54, 1.807) is 18.2 Å². The number of esters is 1. The summed E-state index contributed by atoms with van der Waals surface area (Å²) in [6.45, 7) is 0.799. The molecule has 4 atom stereocenters. The zero-order chi connectivity index (χ0) is 22.8. The standard InChI is InChI=1S/C24H31N3O5.BrH/c1-27(21(22(25)28)20-13-15-32-26-20)14-7-12-19(27)16-31-23(29)24(30,18-10-5-6-11-18)17-8-3-2-4-9-17;/h2-4,8-9,13,15,18-19,21,30H,5-7,10-12,14,16H2,1H3,(H-,25,28);1H. The molecule has 1 saturated carbocycles. The molecule has 4 rings (SSSR count). The molecule has 1 aliphatic heterocycles. The largest absolute Gasteiger partial charge is 1.00 e. The number of carbonyl (C=O) groups is 2. The van der Waals surface area contributed by atoms with E-state index in [0.717, 1.165) is 38.5 Å². The summed E-state index contributed by atoms with van der Waals surface area (Å²) in [5.41, 5.74) is 5.13. The van der Waals surface area contributed by atoms with Crippen LogP contribution < -0.4 is 22.7 Å².